The third-order valence-corrected chi connectivity index (χ3v) is 5.26. The summed E-state index contributed by atoms with van der Waals surface area (Å²) in [6.07, 6.45) is -1.99. The van der Waals surface area contributed by atoms with Gasteiger partial charge in [0.2, 0.25) is 0 Å². The molecule has 2 aliphatic heterocycles. The van der Waals surface area contributed by atoms with Crippen molar-refractivity contribution in [2.24, 2.45) is 4.99 Å². The first-order chi connectivity index (χ1) is 13.5. The van der Waals surface area contributed by atoms with Gasteiger partial charge >= 0.3 is 6.18 Å². The lowest BCUT2D eigenvalue weighted by Gasteiger charge is -2.34. The van der Waals surface area contributed by atoms with Crippen molar-refractivity contribution in [2.75, 3.05) is 52.5 Å². The van der Waals surface area contributed by atoms with Crippen LogP contribution in [0.4, 0.5) is 13.2 Å². The Morgan fingerprint density at radius 2 is 1.72 bits per heavy atom. The summed E-state index contributed by atoms with van der Waals surface area (Å²) in [5.41, 5.74) is 0.238. The fraction of sp³-hybridized carbons (Fsp3) is 0.650. The molecule has 3 rings (SSSR count). The van der Waals surface area contributed by atoms with Crippen LogP contribution in [0.15, 0.2) is 29.3 Å². The van der Waals surface area contributed by atoms with Crippen molar-refractivity contribution in [3.8, 4) is 0 Å². The maximum atomic E-state index is 12.9. The smallest absolute Gasteiger partial charge is 0.379 e. The van der Waals surface area contributed by atoms with Gasteiger partial charge in [-0.15, -0.1) is 24.0 Å². The van der Waals surface area contributed by atoms with Crippen molar-refractivity contribution in [1.82, 2.24) is 15.1 Å². The predicted octanol–water partition coefficient (Wildman–Crippen LogP) is 3.76. The summed E-state index contributed by atoms with van der Waals surface area (Å²) < 4.78 is 44.2. The Bertz CT molecular complexity index is 642. The average molecular weight is 526 g/mol. The highest BCUT2D eigenvalue weighted by molar-refractivity contribution is 14.0. The number of morpholine rings is 1. The van der Waals surface area contributed by atoms with Crippen molar-refractivity contribution in [2.45, 2.75) is 32.0 Å². The summed E-state index contributed by atoms with van der Waals surface area (Å²) in [6.45, 7) is 8.09. The van der Waals surface area contributed by atoms with Crippen molar-refractivity contribution in [3.63, 3.8) is 0 Å². The van der Waals surface area contributed by atoms with Gasteiger partial charge in [0, 0.05) is 32.7 Å². The number of nitrogens with zero attached hydrogens (tertiary/aromatic N) is 3. The Morgan fingerprint density at radius 1 is 1.10 bits per heavy atom. The first-order valence-electron chi connectivity index (χ1n) is 10.0. The first-order valence-corrected chi connectivity index (χ1v) is 10.0. The van der Waals surface area contributed by atoms with Gasteiger partial charge in [-0.2, -0.15) is 13.2 Å². The summed E-state index contributed by atoms with van der Waals surface area (Å²) in [5, 5.41) is 3.35. The molecule has 2 saturated heterocycles. The molecule has 164 valence electrons. The Labute approximate surface area is 187 Å². The topological polar surface area (TPSA) is 40.1 Å². The van der Waals surface area contributed by atoms with E-state index < -0.39 is 11.7 Å². The molecule has 1 aromatic carbocycles. The van der Waals surface area contributed by atoms with E-state index in [0.29, 0.717) is 19.8 Å². The Morgan fingerprint density at radius 3 is 2.28 bits per heavy atom. The minimum Gasteiger partial charge on any atom is -0.379 e. The molecule has 1 unspecified atom stereocenters. The number of benzene rings is 1. The van der Waals surface area contributed by atoms with Crippen LogP contribution in [0.2, 0.25) is 0 Å². The second-order valence-electron chi connectivity index (χ2n) is 7.17. The number of hydrogen-bond acceptors (Lipinski definition) is 3. The summed E-state index contributed by atoms with van der Waals surface area (Å²) in [6, 6.07) is 5.43. The molecule has 5 nitrogen and oxygen atoms in total. The monoisotopic (exact) mass is 526 g/mol. The fourth-order valence-electron chi connectivity index (χ4n) is 3.74. The van der Waals surface area contributed by atoms with Crippen molar-refractivity contribution < 1.29 is 17.9 Å². The lowest BCUT2D eigenvalue weighted by atomic mass is 10.0. The summed E-state index contributed by atoms with van der Waals surface area (Å²) >= 11 is 0. The van der Waals surface area contributed by atoms with Gasteiger partial charge in [-0.3, -0.25) is 9.89 Å². The first kappa shape index (κ1) is 24.2. The lowest BCUT2D eigenvalue weighted by molar-refractivity contribution is -0.137. The van der Waals surface area contributed by atoms with E-state index in [4.69, 9.17) is 9.73 Å². The number of halogens is 4. The maximum absolute atomic E-state index is 12.9. The molecular formula is C20H30F3IN4O. The van der Waals surface area contributed by atoms with Crippen LogP contribution in [-0.2, 0) is 10.9 Å². The number of alkyl halides is 3. The van der Waals surface area contributed by atoms with E-state index in [-0.39, 0.29) is 30.0 Å². The van der Waals surface area contributed by atoms with E-state index in [1.165, 1.54) is 0 Å². The van der Waals surface area contributed by atoms with E-state index in [9.17, 15) is 13.2 Å². The van der Waals surface area contributed by atoms with Gasteiger partial charge in [0.25, 0.3) is 0 Å². The van der Waals surface area contributed by atoms with Gasteiger partial charge in [0.15, 0.2) is 5.96 Å². The number of ether oxygens (including phenoxy) is 1. The molecule has 0 spiro atoms. The Balaban J connectivity index is 0.00000300. The van der Waals surface area contributed by atoms with Crippen LogP contribution >= 0.6 is 24.0 Å². The second kappa shape index (κ2) is 11.4. The van der Waals surface area contributed by atoms with Gasteiger partial charge in [-0.25, -0.2) is 0 Å². The van der Waals surface area contributed by atoms with E-state index in [2.05, 4.69) is 15.1 Å². The van der Waals surface area contributed by atoms with Crippen LogP contribution in [0.25, 0.3) is 0 Å². The zero-order valence-electron chi connectivity index (χ0n) is 16.7. The third kappa shape index (κ3) is 6.71. The zero-order chi connectivity index (χ0) is 20.0. The molecule has 1 atom stereocenters. The molecule has 0 radical (unpaired) electrons. The van der Waals surface area contributed by atoms with Crippen LogP contribution in [-0.4, -0.2) is 68.2 Å². The molecule has 1 aromatic rings. The summed E-state index contributed by atoms with van der Waals surface area (Å²) in [5.74, 6) is 0.894. The molecular weight excluding hydrogens is 496 g/mol. The largest absolute Gasteiger partial charge is 0.416 e. The highest BCUT2D eigenvalue weighted by atomic mass is 127. The average Bonchev–Trinajstić information content (AvgIpc) is 3.22. The lowest BCUT2D eigenvalue weighted by Crippen LogP contribution is -2.42. The summed E-state index contributed by atoms with van der Waals surface area (Å²) in [4.78, 5) is 9.36. The van der Waals surface area contributed by atoms with Crippen LogP contribution in [0, 0.1) is 0 Å². The molecule has 29 heavy (non-hydrogen) atoms. The SMILES string of the molecule is CCNC(=NCC(c1ccc(C(F)(F)F)cc1)N1CCOCC1)N1CCCC1.I. The van der Waals surface area contributed by atoms with Crippen LogP contribution in [0.3, 0.4) is 0 Å². The highest BCUT2D eigenvalue weighted by Crippen LogP contribution is 2.31. The minimum atomic E-state index is -4.32. The van der Waals surface area contributed by atoms with Crippen LogP contribution in [0.1, 0.15) is 36.9 Å². The second-order valence-corrected chi connectivity index (χ2v) is 7.17. The van der Waals surface area contributed by atoms with Crippen molar-refractivity contribution >= 4 is 29.9 Å². The number of hydrogen-bond donors (Lipinski definition) is 1. The van der Waals surface area contributed by atoms with E-state index in [1.54, 1.807) is 12.1 Å². The Kier molecular flexibility index (Phi) is 9.48. The maximum Gasteiger partial charge on any atom is 0.416 e. The molecule has 0 amide bonds. The molecule has 1 N–H and O–H groups in total. The summed E-state index contributed by atoms with van der Waals surface area (Å²) in [7, 11) is 0. The van der Waals surface area contributed by atoms with E-state index in [1.807, 2.05) is 6.92 Å². The standard InChI is InChI=1S/C20H29F3N4O.HI/c1-2-24-19(27-9-3-4-10-27)25-15-18(26-11-13-28-14-12-26)16-5-7-17(8-6-16)20(21,22)23;/h5-8,18H,2-4,9-15H2,1H3,(H,24,25);1H. The van der Waals surface area contributed by atoms with E-state index >= 15 is 0 Å². The van der Waals surface area contributed by atoms with Crippen molar-refractivity contribution in [1.29, 1.82) is 0 Å². The molecule has 2 heterocycles. The number of likely N-dealkylation sites (tertiary alicyclic amines) is 1. The number of aliphatic imine (C=N–C) groups is 1. The number of nitrogens with one attached hydrogen (secondary N) is 1. The predicted molar refractivity (Wildman–Crippen MR) is 119 cm³/mol. The third-order valence-electron chi connectivity index (χ3n) is 5.26. The molecule has 2 fully saturated rings. The van der Waals surface area contributed by atoms with E-state index in [0.717, 1.165) is 69.2 Å². The molecule has 0 saturated carbocycles. The van der Waals surface area contributed by atoms with Crippen LogP contribution in [0.5, 0.6) is 0 Å². The fourth-order valence-corrected chi connectivity index (χ4v) is 3.74. The van der Waals surface area contributed by atoms with Gasteiger partial charge in [-0.05, 0) is 37.5 Å². The molecule has 0 aromatic heterocycles. The number of guanidine groups is 1. The molecule has 0 aliphatic carbocycles. The molecule has 0 bridgehead atoms. The van der Waals surface area contributed by atoms with Gasteiger partial charge < -0.3 is 15.0 Å². The minimum absolute atomic E-state index is 0. The Hall–Kier alpha value is -1.07. The normalized spacial score (nSPS) is 19.7. The van der Waals surface area contributed by atoms with Gasteiger partial charge in [0.05, 0.1) is 31.4 Å². The number of rotatable bonds is 5. The van der Waals surface area contributed by atoms with Gasteiger partial charge in [0.1, 0.15) is 0 Å². The van der Waals surface area contributed by atoms with Gasteiger partial charge in [-0.1, -0.05) is 12.1 Å². The quantitative estimate of drug-likeness (QED) is 0.361. The molecule has 2 aliphatic rings. The highest BCUT2D eigenvalue weighted by Gasteiger charge is 2.31. The zero-order valence-corrected chi connectivity index (χ0v) is 19.1. The van der Waals surface area contributed by atoms with Crippen molar-refractivity contribution in [3.05, 3.63) is 35.4 Å². The van der Waals surface area contributed by atoms with Crippen LogP contribution < -0.4 is 5.32 Å². The molecule has 9 heteroatoms.